The third kappa shape index (κ3) is 4.34. The Morgan fingerprint density at radius 3 is 2.54 bits per heavy atom. The van der Waals surface area contributed by atoms with E-state index in [1.807, 2.05) is 65.2 Å². The second-order valence-corrected chi connectivity index (χ2v) is 9.43. The van der Waals surface area contributed by atoms with Gasteiger partial charge in [0, 0.05) is 18.3 Å². The molecule has 4 aromatic rings. The fourth-order valence-corrected chi connectivity index (χ4v) is 4.71. The van der Waals surface area contributed by atoms with Gasteiger partial charge < -0.3 is 14.8 Å². The van der Waals surface area contributed by atoms with Gasteiger partial charge in [-0.3, -0.25) is 0 Å². The lowest BCUT2D eigenvalue weighted by atomic mass is 10.0. The molecule has 0 aliphatic carbocycles. The molecule has 1 N–H and O–H groups in total. The van der Waals surface area contributed by atoms with E-state index in [0.29, 0.717) is 19.0 Å². The number of urea groups is 1. The highest BCUT2D eigenvalue weighted by molar-refractivity contribution is 5.76. The van der Waals surface area contributed by atoms with E-state index in [9.17, 15) is 9.18 Å². The first-order chi connectivity index (χ1) is 16.9. The molecule has 1 aliphatic rings. The highest BCUT2D eigenvalue weighted by Crippen LogP contribution is 2.38. The van der Waals surface area contributed by atoms with E-state index < -0.39 is 0 Å². The number of aryl methyl sites for hydroxylation is 1. The molecule has 180 valence electrons. The van der Waals surface area contributed by atoms with Crippen LogP contribution < -0.4 is 5.32 Å². The van der Waals surface area contributed by atoms with E-state index in [1.54, 1.807) is 12.1 Å². The van der Waals surface area contributed by atoms with Gasteiger partial charge in [-0.25, -0.2) is 13.9 Å². The first kappa shape index (κ1) is 22.9. The molecule has 0 bridgehead atoms. The lowest BCUT2D eigenvalue weighted by Crippen LogP contribution is -2.42. The molecule has 0 saturated carbocycles. The van der Waals surface area contributed by atoms with Crippen LogP contribution >= 0.6 is 0 Å². The van der Waals surface area contributed by atoms with Gasteiger partial charge >= 0.3 is 6.03 Å². The Morgan fingerprint density at radius 1 is 1.09 bits per heavy atom. The van der Waals surface area contributed by atoms with E-state index in [2.05, 4.69) is 23.7 Å². The molecule has 1 aliphatic heterocycles. The quantitative estimate of drug-likeness (QED) is 0.402. The van der Waals surface area contributed by atoms with Gasteiger partial charge in [-0.2, -0.15) is 5.10 Å². The summed E-state index contributed by atoms with van der Waals surface area (Å²) in [6, 6.07) is 19.9. The molecule has 0 spiro atoms. The third-order valence-electron chi connectivity index (χ3n) is 6.53. The molecule has 7 heteroatoms. The number of carbonyl (C=O) groups is 1. The van der Waals surface area contributed by atoms with Crippen molar-refractivity contribution in [3.8, 4) is 11.5 Å². The number of rotatable bonds is 5. The van der Waals surface area contributed by atoms with Crippen LogP contribution in [0.3, 0.4) is 0 Å². The number of hydrogen-bond acceptors (Lipinski definition) is 2. The van der Waals surface area contributed by atoms with Gasteiger partial charge in [0.1, 0.15) is 11.6 Å². The lowest BCUT2D eigenvalue weighted by Gasteiger charge is -2.31. The number of amides is 2. The van der Waals surface area contributed by atoms with Gasteiger partial charge in [0.25, 0.3) is 0 Å². The van der Waals surface area contributed by atoms with E-state index >= 15 is 0 Å². The minimum absolute atomic E-state index is 0.146. The fourth-order valence-electron chi connectivity index (χ4n) is 4.71. The van der Waals surface area contributed by atoms with E-state index in [0.717, 1.165) is 40.4 Å². The highest BCUT2D eigenvalue weighted by Gasteiger charge is 2.35. The van der Waals surface area contributed by atoms with Crippen molar-refractivity contribution in [3.63, 3.8) is 0 Å². The van der Waals surface area contributed by atoms with Crippen LogP contribution in [0.2, 0.25) is 0 Å². The van der Waals surface area contributed by atoms with Crippen LogP contribution in [-0.2, 0) is 6.54 Å². The summed E-state index contributed by atoms with van der Waals surface area (Å²) in [4.78, 5) is 15.5. The fraction of sp³-hybridized carbons (Fsp3) is 0.286. The summed E-state index contributed by atoms with van der Waals surface area (Å²) in [6.07, 6.45) is 2.90. The summed E-state index contributed by atoms with van der Waals surface area (Å²) in [5.74, 6) is 1.10. The zero-order valence-electron chi connectivity index (χ0n) is 20.3. The zero-order chi connectivity index (χ0) is 24.5. The summed E-state index contributed by atoms with van der Waals surface area (Å²) in [5.41, 5.74) is 4.57. The monoisotopic (exact) mass is 471 g/mol. The van der Waals surface area contributed by atoms with E-state index in [1.165, 1.54) is 12.1 Å². The molecular weight excluding hydrogens is 441 g/mol. The predicted molar refractivity (Wildman–Crippen MR) is 134 cm³/mol. The normalized spacial score (nSPS) is 15.0. The van der Waals surface area contributed by atoms with Crippen molar-refractivity contribution in [1.82, 2.24) is 24.6 Å². The van der Waals surface area contributed by atoms with Crippen molar-refractivity contribution in [2.24, 2.45) is 5.92 Å². The predicted octanol–water partition coefficient (Wildman–Crippen LogP) is 5.77. The molecule has 5 rings (SSSR count). The molecule has 0 unspecified atom stereocenters. The number of nitrogens with zero attached hydrogens (tertiary/aromatic N) is 4. The van der Waals surface area contributed by atoms with Crippen molar-refractivity contribution in [3.05, 3.63) is 101 Å². The molecule has 35 heavy (non-hydrogen) atoms. The van der Waals surface area contributed by atoms with Crippen molar-refractivity contribution in [2.75, 3.05) is 6.54 Å². The Hall–Kier alpha value is -3.87. The summed E-state index contributed by atoms with van der Waals surface area (Å²) in [5, 5.41) is 7.97. The van der Waals surface area contributed by atoms with Gasteiger partial charge in [-0.15, -0.1) is 0 Å². The van der Waals surface area contributed by atoms with Crippen molar-refractivity contribution >= 4 is 6.03 Å². The maximum absolute atomic E-state index is 13.8. The van der Waals surface area contributed by atoms with Gasteiger partial charge in [0.2, 0.25) is 0 Å². The molecule has 0 saturated heterocycles. The number of nitrogens with one attached hydrogen (secondary N) is 1. The summed E-state index contributed by atoms with van der Waals surface area (Å²) >= 11 is 0. The van der Waals surface area contributed by atoms with Gasteiger partial charge in [0.05, 0.1) is 29.7 Å². The topological polar surface area (TPSA) is 55.1 Å². The van der Waals surface area contributed by atoms with E-state index in [-0.39, 0.29) is 17.9 Å². The van der Waals surface area contributed by atoms with Crippen LogP contribution in [-0.4, -0.2) is 31.8 Å². The molecule has 3 heterocycles. The van der Waals surface area contributed by atoms with Crippen LogP contribution in [0.1, 0.15) is 48.8 Å². The number of aromatic nitrogens is 3. The van der Waals surface area contributed by atoms with Crippen molar-refractivity contribution in [2.45, 2.75) is 39.8 Å². The standard InChI is InChI=1S/C28H30FN5O/c1-19(2)15-16-30-28(35)33-18-24-20(3)31-34(23-8-5-4-6-9-23)27(24)32-17-7-10-25(32)26(33)21-11-13-22(29)14-12-21/h4-14,17,19,26H,15-16,18H2,1-3H3,(H,30,35)/t26-/m0/s1. The summed E-state index contributed by atoms with van der Waals surface area (Å²) in [6.45, 7) is 7.23. The largest absolute Gasteiger partial charge is 0.338 e. The first-order valence-corrected chi connectivity index (χ1v) is 12.1. The average molecular weight is 472 g/mol. The number of benzene rings is 2. The summed E-state index contributed by atoms with van der Waals surface area (Å²) < 4.78 is 17.9. The highest BCUT2D eigenvalue weighted by atomic mass is 19.1. The number of fused-ring (bicyclic) bond motifs is 3. The second-order valence-electron chi connectivity index (χ2n) is 9.43. The molecule has 0 fully saturated rings. The molecule has 2 amide bonds. The minimum Gasteiger partial charge on any atom is -0.338 e. The van der Waals surface area contributed by atoms with Crippen LogP contribution in [0, 0.1) is 18.7 Å². The Labute approximate surface area is 205 Å². The minimum atomic E-state index is -0.388. The maximum Gasteiger partial charge on any atom is 0.318 e. The Morgan fingerprint density at radius 2 is 1.83 bits per heavy atom. The molecular formula is C28H30FN5O. The number of hydrogen-bond donors (Lipinski definition) is 1. The molecule has 0 radical (unpaired) electrons. The number of para-hydroxylation sites is 1. The third-order valence-corrected chi connectivity index (χ3v) is 6.53. The lowest BCUT2D eigenvalue weighted by molar-refractivity contribution is 0.180. The second kappa shape index (κ2) is 9.41. The van der Waals surface area contributed by atoms with Crippen molar-refractivity contribution in [1.29, 1.82) is 0 Å². The van der Waals surface area contributed by atoms with Crippen LogP contribution in [0.15, 0.2) is 72.9 Å². The van der Waals surface area contributed by atoms with Gasteiger partial charge in [0.15, 0.2) is 0 Å². The Bertz CT molecular complexity index is 1320. The SMILES string of the molecule is Cc1nn(-c2ccccc2)c2c1CN(C(=O)NCCC(C)C)[C@@H](c1ccc(F)cc1)c1cccn1-2. The number of halogens is 1. The van der Waals surface area contributed by atoms with Crippen LogP contribution in [0.4, 0.5) is 9.18 Å². The molecule has 6 nitrogen and oxygen atoms in total. The smallest absolute Gasteiger partial charge is 0.318 e. The Kier molecular flexibility index (Phi) is 6.16. The molecule has 2 aromatic carbocycles. The average Bonchev–Trinajstić information content (AvgIpc) is 3.41. The van der Waals surface area contributed by atoms with Crippen molar-refractivity contribution < 1.29 is 9.18 Å². The first-order valence-electron chi connectivity index (χ1n) is 12.1. The van der Waals surface area contributed by atoms with E-state index in [4.69, 9.17) is 5.10 Å². The molecule has 2 aromatic heterocycles. The number of carbonyl (C=O) groups excluding carboxylic acids is 1. The van der Waals surface area contributed by atoms with Gasteiger partial charge in [-0.05, 0) is 61.2 Å². The zero-order valence-corrected chi connectivity index (χ0v) is 20.3. The summed E-state index contributed by atoms with van der Waals surface area (Å²) in [7, 11) is 0. The maximum atomic E-state index is 13.8. The van der Waals surface area contributed by atoms with Gasteiger partial charge in [-0.1, -0.05) is 44.2 Å². The molecule has 1 atom stereocenters. The Balaban J connectivity index is 1.66. The van der Waals surface area contributed by atoms with Crippen LogP contribution in [0.25, 0.3) is 11.5 Å². The van der Waals surface area contributed by atoms with Crippen LogP contribution in [0.5, 0.6) is 0 Å².